The molecule has 0 aromatic heterocycles. The van der Waals surface area contributed by atoms with E-state index in [-0.39, 0.29) is 0 Å². The zero-order valence-corrected chi connectivity index (χ0v) is 14.2. The van der Waals surface area contributed by atoms with E-state index in [0.29, 0.717) is 28.0 Å². The van der Waals surface area contributed by atoms with Crippen molar-refractivity contribution in [2.45, 2.75) is 6.61 Å². The molecule has 0 aliphatic carbocycles. The third-order valence-corrected chi connectivity index (χ3v) is 4.17. The van der Waals surface area contributed by atoms with Gasteiger partial charge in [-0.2, -0.15) is 0 Å². The van der Waals surface area contributed by atoms with E-state index in [0.717, 1.165) is 23.0 Å². The summed E-state index contributed by atoms with van der Waals surface area (Å²) in [6.07, 6.45) is 0.810. The molecule has 0 heterocycles. The van der Waals surface area contributed by atoms with E-state index < -0.39 is 0 Å². The van der Waals surface area contributed by atoms with Crippen LogP contribution >= 0.6 is 23.2 Å². The van der Waals surface area contributed by atoms with Crippen LogP contribution in [0.3, 0.4) is 0 Å². The van der Waals surface area contributed by atoms with Gasteiger partial charge in [0, 0.05) is 5.56 Å². The van der Waals surface area contributed by atoms with Crippen molar-refractivity contribution in [1.82, 2.24) is 0 Å². The first-order valence-electron chi connectivity index (χ1n) is 7.39. The maximum absolute atomic E-state index is 10.7. The van der Waals surface area contributed by atoms with E-state index in [4.69, 9.17) is 27.9 Å². The Kier molecular flexibility index (Phi) is 5.19. The first-order valence-corrected chi connectivity index (χ1v) is 8.14. The fourth-order valence-electron chi connectivity index (χ4n) is 2.35. The minimum absolute atomic E-state index is 0.396. The minimum atomic E-state index is 0.396. The summed E-state index contributed by atoms with van der Waals surface area (Å²) >= 11 is 12.7. The van der Waals surface area contributed by atoms with E-state index >= 15 is 0 Å². The van der Waals surface area contributed by atoms with Gasteiger partial charge in [0.05, 0.1) is 10.0 Å². The van der Waals surface area contributed by atoms with Crippen molar-refractivity contribution in [2.24, 2.45) is 0 Å². The molecule has 2 nitrogen and oxygen atoms in total. The maximum Gasteiger partial charge on any atom is 0.157 e. The third kappa shape index (κ3) is 3.78. The van der Waals surface area contributed by atoms with Crippen LogP contribution in [0, 0.1) is 0 Å². The first kappa shape index (κ1) is 16.6. The monoisotopic (exact) mass is 356 g/mol. The summed E-state index contributed by atoms with van der Waals surface area (Å²) in [6, 6.07) is 20.7. The average molecular weight is 357 g/mol. The van der Waals surface area contributed by atoms with Gasteiger partial charge in [-0.05, 0) is 28.8 Å². The second kappa shape index (κ2) is 7.52. The van der Waals surface area contributed by atoms with Crippen LogP contribution in [0.1, 0.15) is 15.9 Å². The molecule has 0 fully saturated rings. The molecular formula is C20H14Cl2O2. The van der Waals surface area contributed by atoms with E-state index in [9.17, 15) is 4.79 Å². The number of halogens is 2. The molecule has 120 valence electrons. The molecular weight excluding hydrogens is 343 g/mol. The summed E-state index contributed by atoms with van der Waals surface area (Å²) in [7, 11) is 0. The Hall–Kier alpha value is -2.29. The standard InChI is InChI=1S/C20H14Cl2O2/c21-18-10-17(16-8-6-14(12-23)7-9-16)11-19(22)20(18)24-13-15-4-2-1-3-5-15/h1-12H,13H2. The summed E-state index contributed by atoms with van der Waals surface area (Å²) in [5, 5.41) is 0.904. The number of rotatable bonds is 5. The number of hydrogen-bond donors (Lipinski definition) is 0. The summed E-state index contributed by atoms with van der Waals surface area (Å²) < 4.78 is 5.77. The van der Waals surface area contributed by atoms with Gasteiger partial charge in [0.1, 0.15) is 12.9 Å². The predicted octanol–water partition coefficient (Wildman–Crippen LogP) is 6.05. The topological polar surface area (TPSA) is 26.3 Å². The highest BCUT2D eigenvalue weighted by molar-refractivity contribution is 6.37. The van der Waals surface area contributed by atoms with Gasteiger partial charge in [0.15, 0.2) is 5.75 Å². The smallest absolute Gasteiger partial charge is 0.157 e. The molecule has 0 atom stereocenters. The van der Waals surface area contributed by atoms with Crippen LogP contribution < -0.4 is 4.74 Å². The minimum Gasteiger partial charge on any atom is -0.486 e. The molecule has 0 bridgehead atoms. The Morgan fingerprint density at radius 3 is 2.04 bits per heavy atom. The van der Waals surface area contributed by atoms with Gasteiger partial charge >= 0.3 is 0 Å². The van der Waals surface area contributed by atoms with Crippen LogP contribution in [0.2, 0.25) is 10.0 Å². The second-order valence-corrected chi connectivity index (χ2v) is 6.10. The van der Waals surface area contributed by atoms with Gasteiger partial charge in [-0.3, -0.25) is 4.79 Å². The number of hydrogen-bond acceptors (Lipinski definition) is 2. The molecule has 0 saturated heterocycles. The molecule has 0 radical (unpaired) electrons. The Morgan fingerprint density at radius 1 is 0.833 bits per heavy atom. The van der Waals surface area contributed by atoms with Crippen LogP contribution in [-0.4, -0.2) is 6.29 Å². The summed E-state index contributed by atoms with van der Waals surface area (Å²) in [4.78, 5) is 10.7. The fraction of sp³-hybridized carbons (Fsp3) is 0.0500. The number of carbonyl (C=O) groups excluding carboxylic acids is 1. The lowest BCUT2D eigenvalue weighted by Gasteiger charge is -2.12. The van der Waals surface area contributed by atoms with E-state index in [1.165, 1.54) is 0 Å². The lowest BCUT2D eigenvalue weighted by Crippen LogP contribution is -1.96. The van der Waals surface area contributed by atoms with E-state index in [2.05, 4.69) is 0 Å². The summed E-state index contributed by atoms with van der Waals surface area (Å²) in [5.41, 5.74) is 3.46. The molecule has 24 heavy (non-hydrogen) atoms. The zero-order valence-electron chi connectivity index (χ0n) is 12.7. The van der Waals surface area contributed by atoms with Crippen molar-refractivity contribution in [3.63, 3.8) is 0 Å². The van der Waals surface area contributed by atoms with Crippen molar-refractivity contribution in [1.29, 1.82) is 0 Å². The number of ether oxygens (including phenoxy) is 1. The van der Waals surface area contributed by atoms with Crippen molar-refractivity contribution in [3.8, 4) is 16.9 Å². The van der Waals surface area contributed by atoms with Crippen LogP contribution in [0.15, 0.2) is 66.7 Å². The Bertz CT molecular complexity index is 820. The van der Waals surface area contributed by atoms with Gasteiger partial charge in [-0.15, -0.1) is 0 Å². The molecule has 0 saturated carbocycles. The van der Waals surface area contributed by atoms with Crippen molar-refractivity contribution < 1.29 is 9.53 Å². The van der Waals surface area contributed by atoms with E-state index in [1.54, 1.807) is 12.1 Å². The second-order valence-electron chi connectivity index (χ2n) is 5.28. The SMILES string of the molecule is O=Cc1ccc(-c2cc(Cl)c(OCc3ccccc3)c(Cl)c2)cc1. The molecule has 0 unspecified atom stereocenters. The van der Waals surface area contributed by atoms with Gasteiger partial charge in [0.2, 0.25) is 0 Å². The Labute approximate surface area is 150 Å². The number of aldehydes is 1. The Balaban J connectivity index is 1.83. The molecule has 0 N–H and O–H groups in total. The molecule has 3 aromatic carbocycles. The first-order chi connectivity index (χ1) is 11.7. The molecule has 0 aliphatic heterocycles. The van der Waals surface area contributed by atoms with Crippen molar-refractivity contribution in [2.75, 3.05) is 0 Å². The highest BCUT2D eigenvalue weighted by atomic mass is 35.5. The summed E-state index contributed by atoms with van der Waals surface area (Å²) in [5.74, 6) is 0.468. The lowest BCUT2D eigenvalue weighted by atomic mass is 10.0. The quantitative estimate of drug-likeness (QED) is 0.520. The summed E-state index contributed by atoms with van der Waals surface area (Å²) in [6.45, 7) is 0.396. The number of carbonyl (C=O) groups is 1. The zero-order chi connectivity index (χ0) is 16.9. The largest absolute Gasteiger partial charge is 0.486 e. The fourth-order valence-corrected chi connectivity index (χ4v) is 2.94. The number of benzene rings is 3. The van der Waals surface area contributed by atoms with Crippen LogP contribution in [0.4, 0.5) is 0 Å². The molecule has 0 aliphatic rings. The van der Waals surface area contributed by atoms with Gasteiger partial charge in [-0.25, -0.2) is 0 Å². The molecule has 0 amide bonds. The van der Waals surface area contributed by atoms with Crippen molar-refractivity contribution in [3.05, 3.63) is 87.9 Å². The van der Waals surface area contributed by atoms with Gasteiger partial charge in [0.25, 0.3) is 0 Å². The molecule has 3 aromatic rings. The van der Waals surface area contributed by atoms with Crippen molar-refractivity contribution >= 4 is 29.5 Å². The highest BCUT2D eigenvalue weighted by Gasteiger charge is 2.11. The molecule has 4 heteroatoms. The average Bonchev–Trinajstić information content (AvgIpc) is 2.62. The van der Waals surface area contributed by atoms with Crippen LogP contribution in [0.25, 0.3) is 11.1 Å². The maximum atomic E-state index is 10.7. The van der Waals surface area contributed by atoms with Crippen LogP contribution in [-0.2, 0) is 6.61 Å². The normalized spacial score (nSPS) is 10.4. The van der Waals surface area contributed by atoms with Crippen LogP contribution in [0.5, 0.6) is 5.75 Å². The third-order valence-electron chi connectivity index (χ3n) is 3.60. The highest BCUT2D eigenvalue weighted by Crippen LogP contribution is 2.38. The predicted molar refractivity (Wildman–Crippen MR) is 98.1 cm³/mol. The van der Waals surface area contributed by atoms with Gasteiger partial charge < -0.3 is 4.74 Å². The Morgan fingerprint density at radius 2 is 1.46 bits per heavy atom. The molecule has 3 rings (SSSR count). The van der Waals surface area contributed by atoms with E-state index in [1.807, 2.05) is 54.6 Å². The molecule has 0 spiro atoms. The van der Waals surface area contributed by atoms with Gasteiger partial charge in [-0.1, -0.05) is 77.8 Å². The lowest BCUT2D eigenvalue weighted by molar-refractivity contribution is 0.112.